The zero-order valence-corrected chi connectivity index (χ0v) is 28.4. The van der Waals surface area contributed by atoms with Gasteiger partial charge < -0.3 is 10.4 Å². The van der Waals surface area contributed by atoms with Crippen molar-refractivity contribution in [2.75, 3.05) is 16.8 Å². The van der Waals surface area contributed by atoms with Gasteiger partial charge in [-0.3, -0.25) is 0 Å². The molecule has 7 heteroatoms. The van der Waals surface area contributed by atoms with Crippen LogP contribution >= 0.6 is 23.5 Å². The van der Waals surface area contributed by atoms with Crippen LogP contribution in [0.3, 0.4) is 0 Å². The Morgan fingerprint density at radius 2 is 1.23 bits per heavy atom. The van der Waals surface area contributed by atoms with E-state index in [1.807, 2.05) is 6.08 Å². The van der Waals surface area contributed by atoms with Crippen LogP contribution < -0.4 is 5.32 Å². The van der Waals surface area contributed by atoms with Crippen molar-refractivity contribution in [3.63, 3.8) is 0 Å². The third kappa shape index (κ3) is 11.7. The van der Waals surface area contributed by atoms with Gasteiger partial charge in [-0.15, -0.1) is 0 Å². The molecular weight excluding hydrogens is 533 g/mol. The lowest BCUT2D eigenvalue weighted by atomic mass is 9.63. The first-order valence-corrected chi connectivity index (χ1v) is 17.8. The number of aliphatic hydroxyl groups is 1. The fourth-order valence-electron chi connectivity index (χ4n) is 5.03. The zero-order valence-electron chi connectivity index (χ0n) is 26.8. The maximum Gasteiger partial charge on any atom is 0.228 e. The Balaban J connectivity index is 2.13. The molecule has 0 aromatic carbocycles. The maximum absolute atomic E-state index is 11.7. The van der Waals surface area contributed by atoms with Crippen LogP contribution in [0.4, 0.5) is 5.95 Å². The van der Waals surface area contributed by atoms with Crippen LogP contribution in [0.2, 0.25) is 0 Å². The van der Waals surface area contributed by atoms with Gasteiger partial charge in [-0.2, -0.15) is 15.0 Å². The molecule has 40 heavy (non-hydrogen) atoms. The number of nitrogens with one attached hydrogen (secondary N) is 1. The first kappa shape index (κ1) is 35.1. The van der Waals surface area contributed by atoms with Gasteiger partial charge in [0.1, 0.15) is 5.60 Å². The Labute approximate surface area is 254 Å². The van der Waals surface area contributed by atoms with E-state index >= 15 is 0 Å². The van der Waals surface area contributed by atoms with Gasteiger partial charge in [0, 0.05) is 11.5 Å². The molecule has 1 aromatic heterocycles. The van der Waals surface area contributed by atoms with E-state index < -0.39 is 5.60 Å². The summed E-state index contributed by atoms with van der Waals surface area (Å²) in [4.78, 5) is 14.5. The summed E-state index contributed by atoms with van der Waals surface area (Å²) in [5, 5.41) is 16.9. The van der Waals surface area contributed by atoms with Gasteiger partial charge >= 0.3 is 0 Å². The van der Waals surface area contributed by atoms with Crippen LogP contribution in [0.5, 0.6) is 0 Å². The summed E-state index contributed by atoms with van der Waals surface area (Å²) in [7, 11) is 0. The highest BCUT2D eigenvalue weighted by molar-refractivity contribution is 7.99. The second kappa shape index (κ2) is 17.2. The van der Waals surface area contributed by atoms with E-state index in [2.05, 4.69) is 72.9 Å². The monoisotopic (exact) mass is 590 g/mol. The van der Waals surface area contributed by atoms with Gasteiger partial charge in [0.05, 0.1) is 6.04 Å². The molecular formula is C33H58N4OS2. The second-order valence-corrected chi connectivity index (χ2v) is 15.5. The molecule has 0 saturated heterocycles. The van der Waals surface area contributed by atoms with Crippen molar-refractivity contribution in [2.45, 2.75) is 154 Å². The SMILES string of the molecule is CCCCCCCCSc1nc(NC2C=CC(O)(C(C)(C)C)C(C(C)(C)C)=C2)nc(SCCCCCCCC)n1. The van der Waals surface area contributed by atoms with Gasteiger partial charge in [0.25, 0.3) is 0 Å². The third-order valence-corrected chi connectivity index (χ3v) is 9.47. The molecule has 0 amide bonds. The first-order chi connectivity index (χ1) is 18.9. The molecule has 2 rings (SSSR count). The topological polar surface area (TPSA) is 70.9 Å². The van der Waals surface area contributed by atoms with Crippen molar-refractivity contribution in [1.29, 1.82) is 0 Å². The van der Waals surface area contributed by atoms with Crippen molar-refractivity contribution in [1.82, 2.24) is 15.0 Å². The molecule has 2 unspecified atom stereocenters. The minimum atomic E-state index is -1.00. The van der Waals surface area contributed by atoms with Gasteiger partial charge in [-0.25, -0.2) is 0 Å². The van der Waals surface area contributed by atoms with Crippen LogP contribution in [0, 0.1) is 10.8 Å². The predicted octanol–water partition coefficient (Wildman–Crippen LogP) is 9.88. The molecule has 5 nitrogen and oxygen atoms in total. The molecule has 1 aliphatic carbocycles. The molecule has 1 heterocycles. The highest BCUT2D eigenvalue weighted by Gasteiger charge is 2.46. The van der Waals surface area contributed by atoms with E-state index in [4.69, 9.17) is 15.0 Å². The van der Waals surface area contributed by atoms with Crippen LogP contribution in [0.1, 0.15) is 132 Å². The molecule has 228 valence electrons. The quantitative estimate of drug-likeness (QED) is 0.100. The Bertz CT molecular complexity index is 899. The Morgan fingerprint density at radius 1 is 0.750 bits per heavy atom. The van der Waals surface area contributed by atoms with E-state index in [-0.39, 0.29) is 16.9 Å². The van der Waals surface area contributed by atoms with Crippen molar-refractivity contribution in [3.8, 4) is 0 Å². The third-order valence-electron chi connectivity index (χ3n) is 7.60. The Kier molecular flexibility index (Phi) is 15.1. The maximum atomic E-state index is 11.7. The summed E-state index contributed by atoms with van der Waals surface area (Å²) in [5.41, 5.74) is -0.473. The molecule has 2 N–H and O–H groups in total. The van der Waals surface area contributed by atoms with Crippen molar-refractivity contribution < 1.29 is 5.11 Å². The highest BCUT2D eigenvalue weighted by atomic mass is 32.2. The Morgan fingerprint density at radius 3 is 1.68 bits per heavy atom. The lowest BCUT2D eigenvalue weighted by molar-refractivity contribution is 0.00342. The molecule has 2 atom stereocenters. The van der Waals surface area contributed by atoms with Crippen molar-refractivity contribution in [2.24, 2.45) is 10.8 Å². The predicted molar refractivity (Wildman–Crippen MR) is 177 cm³/mol. The summed E-state index contributed by atoms with van der Waals surface area (Å²) in [6.45, 7) is 17.3. The van der Waals surface area contributed by atoms with E-state index in [0.29, 0.717) is 5.95 Å². The summed E-state index contributed by atoms with van der Waals surface area (Å²) >= 11 is 3.49. The highest BCUT2D eigenvalue weighted by Crippen LogP contribution is 2.47. The second-order valence-electron chi connectivity index (χ2n) is 13.3. The number of unbranched alkanes of at least 4 members (excludes halogenated alkanes) is 10. The average molecular weight is 591 g/mol. The zero-order chi connectivity index (χ0) is 29.7. The van der Waals surface area contributed by atoms with E-state index in [9.17, 15) is 5.11 Å². The summed E-state index contributed by atoms with van der Waals surface area (Å²) in [5.74, 6) is 2.69. The molecule has 0 spiro atoms. The van der Waals surface area contributed by atoms with Crippen LogP contribution in [-0.2, 0) is 0 Å². The van der Waals surface area contributed by atoms with Crippen LogP contribution in [-0.4, -0.2) is 43.2 Å². The van der Waals surface area contributed by atoms with Crippen molar-refractivity contribution >= 4 is 29.5 Å². The van der Waals surface area contributed by atoms with Gasteiger partial charge in [0.2, 0.25) is 5.95 Å². The standard InChI is InChI=1S/C33H58N4OS2/c1-9-11-13-15-17-19-23-39-29-35-28(36-30(37-29)40-24-20-18-16-14-12-10-2)34-26-21-22-33(38,32(6,7)8)27(25-26)31(3,4)5/h21-22,25-26,38H,9-20,23-24H2,1-8H3,(H,34,35,36,37). The van der Waals surface area contributed by atoms with Crippen molar-refractivity contribution in [3.05, 3.63) is 23.8 Å². The fraction of sp³-hybridized carbons (Fsp3) is 0.788. The smallest absolute Gasteiger partial charge is 0.228 e. The number of aromatic nitrogens is 3. The largest absolute Gasteiger partial charge is 0.381 e. The number of nitrogens with zero attached hydrogens (tertiary/aromatic N) is 3. The fourth-order valence-corrected chi connectivity index (χ4v) is 6.76. The van der Waals surface area contributed by atoms with Gasteiger partial charge in [-0.05, 0) is 29.2 Å². The lowest BCUT2D eigenvalue weighted by Crippen LogP contribution is -2.48. The number of anilines is 1. The first-order valence-electron chi connectivity index (χ1n) is 15.8. The minimum absolute atomic E-state index is 0.0907. The normalized spacial score (nSPS) is 19.6. The summed E-state index contributed by atoms with van der Waals surface area (Å²) in [6, 6.07) is -0.0907. The van der Waals surface area contributed by atoms with Crippen LogP contribution in [0.15, 0.2) is 34.1 Å². The van der Waals surface area contributed by atoms with Crippen LogP contribution in [0.25, 0.3) is 0 Å². The minimum Gasteiger partial charge on any atom is -0.381 e. The number of thioether (sulfide) groups is 2. The number of hydrogen-bond acceptors (Lipinski definition) is 7. The molecule has 0 fully saturated rings. The number of hydrogen-bond donors (Lipinski definition) is 2. The molecule has 0 saturated carbocycles. The van der Waals surface area contributed by atoms with E-state index in [0.717, 1.165) is 27.4 Å². The molecule has 1 aliphatic rings. The van der Waals surface area contributed by atoms with Gasteiger partial charge in [-0.1, -0.05) is 161 Å². The van der Waals surface area contributed by atoms with Gasteiger partial charge in [0.15, 0.2) is 10.3 Å². The molecule has 0 bridgehead atoms. The van der Waals surface area contributed by atoms with E-state index in [1.165, 1.54) is 77.0 Å². The summed E-state index contributed by atoms with van der Waals surface area (Å²) < 4.78 is 0. The van der Waals surface area contributed by atoms with E-state index in [1.54, 1.807) is 23.5 Å². The average Bonchev–Trinajstić information content (AvgIpc) is 2.87. The lowest BCUT2D eigenvalue weighted by Gasteiger charge is -2.47. The summed E-state index contributed by atoms with van der Waals surface area (Å²) in [6.07, 6.45) is 21.7. The molecule has 0 aliphatic heterocycles. The molecule has 0 radical (unpaired) electrons. The number of rotatable bonds is 18. The Hall–Kier alpha value is -1.05. The molecule has 1 aromatic rings.